The lowest BCUT2D eigenvalue weighted by molar-refractivity contribution is 0.102. The third kappa shape index (κ3) is 2.59. The van der Waals surface area contributed by atoms with E-state index >= 15 is 0 Å². The number of nitrogens with one attached hydrogen (secondary N) is 2. The van der Waals surface area contributed by atoms with Crippen LogP contribution in [0.5, 0.6) is 0 Å². The van der Waals surface area contributed by atoms with Crippen molar-refractivity contribution >= 4 is 28.2 Å². The Bertz CT molecular complexity index is 866. The minimum atomic E-state index is -0.377. The van der Waals surface area contributed by atoms with Gasteiger partial charge in [0.1, 0.15) is 0 Å². The van der Waals surface area contributed by atoms with Crippen molar-refractivity contribution in [2.75, 3.05) is 11.1 Å². The number of fused-ring (bicyclic) bond motifs is 1. The first-order valence-corrected chi connectivity index (χ1v) is 6.29. The highest BCUT2D eigenvalue weighted by Gasteiger charge is 2.12. The number of nitrogen functional groups attached to an aromatic ring is 1. The van der Waals surface area contributed by atoms with Gasteiger partial charge in [-0.2, -0.15) is 5.10 Å². The molecule has 4 N–H and O–H groups in total. The van der Waals surface area contributed by atoms with E-state index in [1.165, 1.54) is 12.1 Å². The lowest BCUT2D eigenvalue weighted by Gasteiger charge is -2.08. The number of carbonyl (C=O) groups is 1. The minimum Gasteiger partial charge on any atom is -0.398 e. The van der Waals surface area contributed by atoms with Crippen LogP contribution < -0.4 is 16.6 Å². The van der Waals surface area contributed by atoms with Crippen LogP contribution in [-0.4, -0.2) is 16.1 Å². The van der Waals surface area contributed by atoms with E-state index in [1.807, 2.05) is 24.3 Å². The van der Waals surface area contributed by atoms with Gasteiger partial charge in [-0.3, -0.25) is 9.59 Å². The van der Waals surface area contributed by atoms with Crippen LogP contribution in [0.4, 0.5) is 11.5 Å². The van der Waals surface area contributed by atoms with Gasteiger partial charge < -0.3 is 11.1 Å². The predicted octanol–water partition coefficient (Wildman–Crippen LogP) is 1.76. The number of amides is 1. The van der Waals surface area contributed by atoms with E-state index in [1.54, 1.807) is 12.1 Å². The van der Waals surface area contributed by atoms with Crippen LogP contribution in [0, 0.1) is 0 Å². The van der Waals surface area contributed by atoms with E-state index in [4.69, 9.17) is 5.73 Å². The van der Waals surface area contributed by atoms with Crippen molar-refractivity contribution < 1.29 is 4.79 Å². The van der Waals surface area contributed by atoms with Crippen LogP contribution in [0.1, 0.15) is 10.4 Å². The average Bonchev–Trinajstić information content (AvgIpc) is 2.49. The molecule has 0 radical (unpaired) electrons. The van der Waals surface area contributed by atoms with Gasteiger partial charge >= 0.3 is 0 Å². The number of nitrogens with zero attached hydrogens (tertiary/aromatic N) is 1. The summed E-state index contributed by atoms with van der Waals surface area (Å²) < 4.78 is 0. The quantitative estimate of drug-likeness (QED) is 0.622. The Hall–Kier alpha value is -3.15. The molecule has 1 heterocycles. The van der Waals surface area contributed by atoms with Crippen LogP contribution in [0.15, 0.2) is 53.3 Å². The second kappa shape index (κ2) is 5.09. The Morgan fingerprint density at radius 3 is 2.48 bits per heavy atom. The van der Waals surface area contributed by atoms with Crippen LogP contribution in [0.3, 0.4) is 0 Å². The molecule has 0 saturated carbocycles. The summed E-state index contributed by atoms with van der Waals surface area (Å²) in [6, 6.07) is 13.8. The van der Waals surface area contributed by atoms with Crippen molar-refractivity contribution in [1.29, 1.82) is 0 Å². The molecule has 3 rings (SSSR count). The molecule has 6 heteroatoms. The van der Waals surface area contributed by atoms with E-state index in [0.717, 1.165) is 10.8 Å². The lowest BCUT2D eigenvalue weighted by atomic mass is 10.0. The number of benzene rings is 2. The van der Waals surface area contributed by atoms with E-state index < -0.39 is 0 Å². The summed E-state index contributed by atoms with van der Waals surface area (Å²) in [5, 5.41) is 10.5. The fourth-order valence-corrected chi connectivity index (χ4v) is 2.05. The van der Waals surface area contributed by atoms with Gasteiger partial charge in [0.25, 0.3) is 11.5 Å². The van der Waals surface area contributed by atoms with Crippen LogP contribution in [0.2, 0.25) is 0 Å². The fourth-order valence-electron chi connectivity index (χ4n) is 2.05. The number of H-pyrrole nitrogens is 1. The van der Waals surface area contributed by atoms with E-state index in [9.17, 15) is 9.59 Å². The van der Waals surface area contributed by atoms with Crippen molar-refractivity contribution in [2.24, 2.45) is 0 Å². The van der Waals surface area contributed by atoms with E-state index in [2.05, 4.69) is 15.5 Å². The summed E-state index contributed by atoms with van der Waals surface area (Å²) in [7, 11) is 0. The first-order chi connectivity index (χ1) is 10.1. The number of rotatable bonds is 2. The normalized spacial score (nSPS) is 10.5. The van der Waals surface area contributed by atoms with Crippen molar-refractivity contribution in [1.82, 2.24) is 10.2 Å². The Morgan fingerprint density at radius 1 is 1.10 bits per heavy atom. The van der Waals surface area contributed by atoms with Crippen LogP contribution >= 0.6 is 0 Å². The maximum atomic E-state index is 12.2. The maximum absolute atomic E-state index is 12.2. The number of carbonyl (C=O) groups excluding carboxylic acids is 1. The summed E-state index contributed by atoms with van der Waals surface area (Å²) >= 11 is 0. The molecule has 1 aromatic heterocycles. The lowest BCUT2D eigenvalue weighted by Crippen LogP contribution is -2.17. The van der Waals surface area contributed by atoms with Gasteiger partial charge in [-0.25, -0.2) is 5.10 Å². The number of nitrogens with two attached hydrogens (primary N) is 1. The van der Waals surface area contributed by atoms with Gasteiger partial charge in [-0.1, -0.05) is 24.3 Å². The second-order valence-electron chi connectivity index (χ2n) is 4.55. The van der Waals surface area contributed by atoms with Gasteiger partial charge in [0.15, 0.2) is 5.82 Å². The average molecular weight is 280 g/mol. The SMILES string of the molecule is Nc1cc2ccccc2cc1C(=O)Nc1ccc(=O)[nH]n1. The Kier molecular flexibility index (Phi) is 3.12. The third-order valence-electron chi connectivity index (χ3n) is 3.08. The van der Waals surface area contributed by atoms with Gasteiger partial charge in [-0.05, 0) is 29.0 Å². The summed E-state index contributed by atoms with van der Waals surface area (Å²) in [6.45, 7) is 0. The van der Waals surface area contributed by atoms with Gasteiger partial charge in [0, 0.05) is 11.8 Å². The van der Waals surface area contributed by atoms with Crippen molar-refractivity contribution in [3.63, 3.8) is 0 Å². The third-order valence-corrected chi connectivity index (χ3v) is 3.08. The zero-order valence-electron chi connectivity index (χ0n) is 11.0. The first kappa shape index (κ1) is 12.9. The number of aromatic nitrogens is 2. The highest BCUT2D eigenvalue weighted by atomic mass is 16.2. The monoisotopic (exact) mass is 280 g/mol. The number of hydrogen-bond acceptors (Lipinski definition) is 4. The summed E-state index contributed by atoms with van der Waals surface area (Å²) in [5.41, 5.74) is 6.34. The van der Waals surface area contributed by atoms with E-state index in [0.29, 0.717) is 11.3 Å². The van der Waals surface area contributed by atoms with Crippen molar-refractivity contribution in [2.45, 2.75) is 0 Å². The molecule has 0 aliphatic carbocycles. The molecule has 0 unspecified atom stereocenters. The largest absolute Gasteiger partial charge is 0.398 e. The fraction of sp³-hybridized carbons (Fsp3) is 0. The molecule has 6 nitrogen and oxygen atoms in total. The zero-order chi connectivity index (χ0) is 14.8. The Morgan fingerprint density at radius 2 is 1.81 bits per heavy atom. The van der Waals surface area contributed by atoms with Gasteiger partial charge in [0.05, 0.1) is 5.56 Å². The molecule has 0 saturated heterocycles. The molecule has 0 atom stereocenters. The number of hydrogen-bond donors (Lipinski definition) is 3. The molecule has 3 aromatic rings. The predicted molar refractivity (Wildman–Crippen MR) is 81.2 cm³/mol. The molecule has 0 spiro atoms. The molecular formula is C15H12N4O2. The highest BCUT2D eigenvalue weighted by molar-refractivity contribution is 6.10. The molecule has 1 amide bonds. The molecule has 104 valence electrons. The molecule has 0 aliphatic rings. The molecule has 2 aromatic carbocycles. The first-order valence-electron chi connectivity index (χ1n) is 6.29. The summed E-state index contributed by atoms with van der Waals surface area (Å²) in [5.74, 6) is -0.120. The smallest absolute Gasteiger partial charge is 0.264 e. The minimum absolute atomic E-state index is 0.257. The maximum Gasteiger partial charge on any atom is 0.264 e. The topological polar surface area (TPSA) is 101 Å². The summed E-state index contributed by atoms with van der Waals surface area (Å²) in [4.78, 5) is 23.2. The van der Waals surface area contributed by atoms with E-state index in [-0.39, 0.29) is 17.3 Å². The zero-order valence-corrected chi connectivity index (χ0v) is 11.0. The molecule has 0 fully saturated rings. The second-order valence-corrected chi connectivity index (χ2v) is 4.55. The molecule has 0 bridgehead atoms. The number of anilines is 2. The van der Waals surface area contributed by atoms with Gasteiger partial charge in [-0.15, -0.1) is 0 Å². The standard InChI is InChI=1S/C15H12N4O2/c16-12-8-10-4-2-1-3-9(10)7-11(12)15(21)17-13-5-6-14(20)19-18-13/h1-8H,16H2,(H,19,20)(H,17,18,21). The van der Waals surface area contributed by atoms with Gasteiger partial charge in [0.2, 0.25) is 0 Å². The van der Waals surface area contributed by atoms with Crippen molar-refractivity contribution in [3.8, 4) is 0 Å². The highest BCUT2D eigenvalue weighted by Crippen LogP contribution is 2.22. The molecule has 21 heavy (non-hydrogen) atoms. The van der Waals surface area contributed by atoms with Crippen LogP contribution in [-0.2, 0) is 0 Å². The Balaban J connectivity index is 1.95. The van der Waals surface area contributed by atoms with Crippen molar-refractivity contribution in [3.05, 3.63) is 64.4 Å². The molecule has 0 aliphatic heterocycles. The van der Waals surface area contributed by atoms with Crippen LogP contribution in [0.25, 0.3) is 10.8 Å². The molecular weight excluding hydrogens is 268 g/mol. The Labute approximate surface area is 119 Å². The number of aromatic amines is 1. The summed E-state index contributed by atoms with van der Waals surface area (Å²) in [6.07, 6.45) is 0.